The number of hydroxylamine groups is 1. The maximum absolute atomic E-state index is 13.7. The monoisotopic (exact) mass is 654 g/mol. The van der Waals surface area contributed by atoms with Crippen LogP contribution in [-0.2, 0) is 43.4 Å². The summed E-state index contributed by atoms with van der Waals surface area (Å²) < 4.78 is 13.5. The zero-order chi connectivity index (χ0) is 34.5. The number of nitrogens with one attached hydrogen (secondary N) is 4. The second-order valence-electron chi connectivity index (χ2n) is 12.6. The van der Waals surface area contributed by atoms with E-state index < -0.39 is 47.7 Å². The molecular formula is C38H43FN4O5. The van der Waals surface area contributed by atoms with E-state index in [1.54, 1.807) is 32.9 Å². The summed E-state index contributed by atoms with van der Waals surface area (Å²) in [6.07, 6.45) is 0.666. The van der Waals surface area contributed by atoms with Crippen LogP contribution in [0.3, 0.4) is 0 Å². The van der Waals surface area contributed by atoms with Gasteiger partial charge < -0.3 is 16.0 Å². The number of fused-ring (bicyclic) bond motifs is 1. The van der Waals surface area contributed by atoms with E-state index in [9.17, 15) is 23.6 Å². The summed E-state index contributed by atoms with van der Waals surface area (Å²) in [6, 6.07) is 26.7. The number of hydrogen-bond donors (Lipinski definition) is 4. The smallest absolute Gasteiger partial charge is 0.246 e. The normalized spacial score (nSPS) is 12.5. The van der Waals surface area contributed by atoms with E-state index in [4.69, 9.17) is 4.84 Å². The predicted octanol–water partition coefficient (Wildman–Crippen LogP) is 5.07. The third kappa shape index (κ3) is 11.6. The van der Waals surface area contributed by atoms with Crippen molar-refractivity contribution in [3.63, 3.8) is 0 Å². The molecule has 0 spiro atoms. The zero-order valence-electron chi connectivity index (χ0n) is 27.6. The highest BCUT2D eigenvalue weighted by molar-refractivity contribution is 5.95. The first-order valence-corrected chi connectivity index (χ1v) is 16.1. The minimum absolute atomic E-state index is 0.0907. The van der Waals surface area contributed by atoms with Gasteiger partial charge in [-0.2, -0.15) is 0 Å². The van der Waals surface area contributed by atoms with Gasteiger partial charge in [-0.05, 0) is 79.6 Å². The Labute approximate surface area is 280 Å². The summed E-state index contributed by atoms with van der Waals surface area (Å²) in [5.41, 5.74) is 4.30. The zero-order valence-corrected chi connectivity index (χ0v) is 27.6. The second-order valence-corrected chi connectivity index (χ2v) is 12.6. The fraction of sp³-hybridized carbons (Fsp3) is 0.316. The summed E-state index contributed by atoms with van der Waals surface area (Å²) in [4.78, 5) is 58.5. The molecule has 0 heterocycles. The molecule has 4 aromatic carbocycles. The van der Waals surface area contributed by atoms with Gasteiger partial charge in [-0.3, -0.25) is 24.0 Å². The van der Waals surface area contributed by atoms with Crippen LogP contribution in [0, 0.1) is 5.82 Å². The van der Waals surface area contributed by atoms with Crippen molar-refractivity contribution in [2.45, 2.75) is 77.1 Å². The van der Waals surface area contributed by atoms with Crippen molar-refractivity contribution in [1.29, 1.82) is 0 Å². The van der Waals surface area contributed by atoms with E-state index in [0.29, 0.717) is 12.8 Å². The summed E-state index contributed by atoms with van der Waals surface area (Å²) in [5, 5.41) is 10.4. The lowest BCUT2D eigenvalue weighted by atomic mass is 10.0. The molecule has 0 aliphatic rings. The van der Waals surface area contributed by atoms with E-state index in [1.165, 1.54) is 12.1 Å². The van der Waals surface area contributed by atoms with Gasteiger partial charge in [-0.15, -0.1) is 0 Å². The second kappa shape index (κ2) is 17.2. The molecule has 4 rings (SSSR count). The number of carbonyl (C=O) groups is 4. The number of rotatable bonds is 15. The van der Waals surface area contributed by atoms with Crippen LogP contribution in [0.2, 0.25) is 0 Å². The minimum atomic E-state index is -1.28. The largest absolute Gasteiger partial charge is 0.350 e. The molecular weight excluding hydrogens is 611 g/mol. The lowest BCUT2D eigenvalue weighted by molar-refractivity contribution is -0.147. The molecule has 10 heteroatoms. The van der Waals surface area contributed by atoms with Crippen molar-refractivity contribution in [3.8, 4) is 0 Å². The SMILES string of the molecule is CC(C)(C)ONC(=O)C[C@H](NC(=O)CCc1ccccc1)C(=O)N[C@@H](CCc1ccc(F)cc1)C(=O)NCc1cccc2ccccc12. The van der Waals surface area contributed by atoms with E-state index >= 15 is 0 Å². The Bertz CT molecular complexity index is 1680. The van der Waals surface area contributed by atoms with Crippen LogP contribution >= 0.6 is 0 Å². The minimum Gasteiger partial charge on any atom is -0.350 e. The van der Waals surface area contributed by atoms with E-state index in [2.05, 4.69) is 21.4 Å². The lowest BCUT2D eigenvalue weighted by Crippen LogP contribution is -2.55. The highest BCUT2D eigenvalue weighted by Gasteiger charge is 2.29. The van der Waals surface area contributed by atoms with Crippen molar-refractivity contribution in [1.82, 2.24) is 21.4 Å². The third-order valence-corrected chi connectivity index (χ3v) is 7.60. The average Bonchev–Trinajstić information content (AvgIpc) is 3.07. The molecule has 0 fully saturated rings. The Morgan fingerprint density at radius 3 is 2.10 bits per heavy atom. The van der Waals surface area contributed by atoms with Crippen molar-refractivity contribution in [3.05, 3.63) is 120 Å². The maximum Gasteiger partial charge on any atom is 0.246 e. The molecule has 252 valence electrons. The first-order valence-electron chi connectivity index (χ1n) is 16.1. The van der Waals surface area contributed by atoms with E-state index in [1.807, 2.05) is 72.8 Å². The van der Waals surface area contributed by atoms with Crippen molar-refractivity contribution in [2.24, 2.45) is 0 Å². The topological polar surface area (TPSA) is 126 Å². The Hall–Kier alpha value is -5.09. The summed E-state index contributed by atoms with van der Waals surface area (Å²) >= 11 is 0. The molecule has 9 nitrogen and oxygen atoms in total. The molecule has 2 atom stereocenters. The van der Waals surface area contributed by atoms with Gasteiger partial charge in [0.25, 0.3) is 0 Å². The molecule has 0 aliphatic carbocycles. The van der Waals surface area contributed by atoms with Crippen LogP contribution in [0.5, 0.6) is 0 Å². The molecule has 0 saturated heterocycles. The molecule has 4 amide bonds. The van der Waals surface area contributed by atoms with Crippen LogP contribution in [-0.4, -0.2) is 41.3 Å². The molecule has 48 heavy (non-hydrogen) atoms. The quantitative estimate of drug-likeness (QED) is 0.133. The van der Waals surface area contributed by atoms with Gasteiger partial charge in [-0.1, -0.05) is 84.9 Å². The van der Waals surface area contributed by atoms with Gasteiger partial charge in [0, 0.05) is 13.0 Å². The number of hydrogen-bond acceptors (Lipinski definition) is 5. The summed E-state index contributed by atoms with van der Waals surface area (Å²) in [7, 11) is 0. The van der Waals surface area contributed by atoms with Gasteiger partial charge in [0.2, 0.25) is 23.6 Å². The molecule has 0 unspecified atom stereocenters. The Kier molecular flexibility index (Phi) is 12.8. The number of carbonyl (C=O) groups excluding carboxylic acids is 4. The maximum atomic E-state index is 13.7. The predicted molar refractivity (Wildman–Crippen MR) is 183 cm³/mol. The van der Waals surface area contributed by atoms with Gasteiger partial charge in [0.1, 0.15) is 17.9 Å². The first kappa shape index (κ1) is 35.8. The molecule has 0 radical (unpaired) electrons. The number of benzene rings is 4. The van der Waals surface area contributed by atoms with Crippen molar-refractivity contribution < 1.29 is 28.4 Å². The third-order valence-electron chi connectivity index (χ3n) is 7.60. The van der Waals surface area contributed by atoms with Crippen LogP contribution in [0.25, 0.3) is 10.8 Å². The Morgan fingerprint density at radius 1 is 0.708 bits per heavy atom. The number of amides is 4. The summed E-state index contributed by atoms with van der Waals surface area (Å²) in [5.74, 6) is -2.55. The average molecular weight is 655 g/mol. The van der Waals surface area contributed by atoms with Crippen LogP contribution < -0.4 is 21.4 Å². The highest BCUT2D eigenvalue weighted by Crippen LogP contribution is 2.18. The van der Waals surface area contributed by atoms with Crippen LogP contribution in [0.15, 0.2) is 97.1 Å². The van der Waals surface area contributed by atoms with Gasteiger partial charge >= 0.3 is 0 Å². The van der Waals surface area contributed by atoms with E-state index in [0.717, 1.165) is 27.5 Å². The van der Waals surface area contributed by atoms with Gasteiger partial charge in [0.05, 0.1) is 12.0 Å². The van der Waals surface area contributed by atoms with Gasteiger partial charge in [0.15, 0.2) is 0 Å². The molecule has 4 N–H and O–H groups in total. The van der Waals surface area contributed by atoms with Crippen molar-refractivity contribution >= 4 is 34.4 Å². The summed E-state index contributed by atoms with van der Waals surface area (Å²) in [6.45, 7) is 5.48. The molecule has 4 aromatic rings. The van der Waals surface area contributed by atoms with E-state index in [-0.39, 0.29) is 25.2 Å². The van der Waals surface area contributed by atoms with Crippen LogP contribution in [0.1, 0.15) is 56.7 Å². The van der Waals surface area contributed by atoms with Gasteiger partial charge in [-0.25, -0.2) is 9.87 Å². The Morgan fingerprint density at radius 2 is 1.38 bits per heavy atom. The standard InChI is InChI=1S/C38H43FN4O5/c1-38(2,3)48-43-35(45)24-33(41-34(44)23-19-26-10-5-4-6-11-26)37(47)42-32(22-18-27-16-20-30(39)21-17-27)36(46)40-25-29-14-9-13-28-12-7-8-15-31(28)29/h4-17,20-21,32-33H,18-19,22-25H2,1-3H3,(H,40,46)(H,41,44)(H,42,47)(H,43,45)/t32-,33-/m0/s1. The molecule has 0 saturated carbocycles. The lowest BCUT2D eigenvalue weighted by Gasteiger charge is -2.24. The molecule has 0 aromatic heterocycles. The fourth-order valence-electron chi connectivity index (χ4n) is 5.07. The number of aryl methyl sites for hydroxylation is 2. The molecule has 0 bridgehead atoms. The Balaban J connectivity index is 1.49. The molecule has 0 aliphatic heterocycles. The fourth-order valence-corrected chi connectivity index (χ4v) is 5.07. The first-order chi connectivity index (χ1) is 23.0. The van der Waals surface area contributed by atoms with Crippen LogP contribution in [0.4, 0.5) is 4.39 Å². The highest BCUT2D eigenvalue weighted by atomic mass is 19.1. The van der Waals surface area contributed by atoms with Crippen molar-refractivity contribution in [2.75, 3.05) is 0 Å². The number of halogens is 1.